The number of carboxylic acids is 1. The molecule has 10 heteroatoms. The Hall–Kier alpha value is -2.99. The van der Waals surface area contributed by atoms with Gasteiger partial charge in [0.1, 0.15) is 18.0 Å². The normalized spacial score (nSPS) is 15.9. The lowest BCUT2D eigenvalue weighted by atomic mass is 10.1. The molecule has 2 aromatic carbocycles. The molecule has 1 aromatic heterocycles. The molecule has 2 aliphatic rings. The SMILES string of the molecule is I.O=C(CCN1CCN(c2cc3c(cc2F)c(=O)c(C(=O)O)cn3C2CC2)CC1)OCc1ccccc1. The van der Waals surface area contributed by atoms with Crippen LogP contribution in [0.25, 0.3) is 10.9 Å². The van der Waals surface area contributed by atoms with E-state index in [9.17, 15) is 19.5 Å². The minimum Gasteiger partial charge on any atom is -0.477 e. The highest BCUT2D eigenvalue weighted by atomic mass is 127. The van der Waals surface area contributed by atoms with Crippen LogP contribution in [0.15, 0.2) is 53.5 Å². The molecule has 0 bridgehead atoms. The molecule has 0 unspecified atom stereocenters. The van der Waals surface area contributed by atoms with Crippen LogP contribution in [0.4, 0.5) is 10.1 Å². The number of benzene rings is 2. The van der Waals surface area contributed by atoms with E-state index in [4.69, 9.17) is 4.74 Å². The highest BCUT2D eigenvalue weighted by molar-refractivity contribution is 14.0. The molecule has 1 saturated heterocycles. The quantitative estimate of drug-likeness (QED) is 0.300. The number of carbonyl (C=O) groups is 2. The molecule has 1 aliphatic heterocycles. The number of aromatic nitrogens is 1. The van der Waals surface area contributed by atoms with Crippen LogP contribution < -0.4 is 10.3 Å². The Morgan fingerprint density at radius 1 is 1.05 bits per heavy atom. The van der Waals surface area contributed by atoms with Crippen molar-refractivity contribution >= 4 is 52.5 Å². The fraction of sp³-hybridized carbons (Fsp3) is 0.370. The van der Waals surface area contributed by atoms with Gasteiger partial charge in [-0.25, -0.2) is 9.18 Å². The van der Waals surface area contributed by atoms with Crippen LogP contribution in [-0.2, 0) is 16.1 Å². The lowest BCUT2D eigenvalue weighted by Gasteiger charge is -2.36. The highest BCUT2D eigenvalue weighted by Gasteiger charge is 2.28. The van der Waals surface area contributed by atoms with Crippen LogP contribution in [0, 0.1) is 5.82 Å². The van der Waals surface area contributed by atoms with Crippen LogP contribution in [0.3, 0.4) is 0 Å². The molecule has 2 heterocycles. The van der Waals surface area contributed by atoms with Gasteiger partial charge in [0, 0.05) is 50.3 Å². The van der Waals surface area contributed by atoms with Gasteiger partial charge in [-0.3, -0.25) is 14.5 Å². The van der Waals surface area contributed by atoms with E-state index >= 15 is 4.39 Å². The van der Waals surface area contributed by atoms with E-state index in [0.29, 0.717) is 43.9 Å². The van der Waals surface area contributed by atoms with E-state index in [-0.39, 0.29) is 60.0 Å². The average molecular weight is 621 g/mol. The maximum atomic E-state index is 15.1. The van der Waals surface area contributed by atoms with Gasteiger partial charge in [-0.05, 0) is 30.5 Å². The Morgan fingerprint density at radius 3 is 2.41 bits per heavy atom. The zero-order valence-electron chi connectivity index (χ0n) is 20.3. The molecule has 5 rings (SSSR count). The predicted molar refractivity (Wildman–Crippen MR) is 148 cm³/mol. The standard InChI is InChI=1S/C27H28FN3O5.HI/c28-22-14-20-23(31(19-6-7-19)16-21(26(20)33)27(34)35)15-24(22)30-12-10-29(11-13-30)9-8-25(32)36-17-18-4-2-1-3-5-18;/h1-5,14-16,19H,6-13,17H2,(H,34,35);1H. The zero-order chi connectivity index (χ0) is 25.2. The van der Waals surface area contributed by atoms with Crippen molar-refractivity contribution in [2.45, 2.75) is 31.9 Å². The number of carbonyl (C=O) groups excluding carboxylic acids is 1. The highest BCUT2D eigenvalue weighted by Crippen LogP contribution is 2.38. The third kappa shape index (κ3) is 6.12. The Morgan fingerprint density at radius 2 is 1.76 bits per heavy atom. The summed E-state index contributed by atoms with van der Waals surface area (Å²) in [5, 5.41) is 9.51. The molecule has 1 aliphatic carbocycles. The van der Waals surface area contributed by atoms with Crippen LogP contribution in [0.1, 0.15) is 41.2 Å². The summed E-state index contributed by atoms with van der Waals surface area (Å²) in [7, 11) is 0. The molecule has 196 valence electrons. The molecule has 1 N–H and O–H groups in total. The van der Waals surface area contributed by atoms with Gasteiger partial charge in [0.2, 0.25) is 5.43 Å². The minimum atomic E-state index is -1.30. The van der Waals surface area contributed by atoms with E-state index in [1.165, 1.54) is 12.3 Å². The van der Waals surface area contributed by atoms with Gasteiger partial charge in [0.15, 0.2) is 0 Å². The molecule has 2 fully saturated rings. The first kappa shape index (κ1) is 27.1. The summed E-state index contributed by atoms with van der Waals surface area (Å²) in [6, 6.07) is 12.5. The summed E-state index contributed by atoms with van der Waals surface area (Å²) in [4.78, 5) is 40.4. The number of fused-ring (bicyclic) bond motifs is 1. The topological polar surface area (TPSA) is 92.1 Å². The number of anilines is 1. The molecular weight excluding hydrogens is 592 g/mol. The van der Waals surface area contributed by atoms with Crippen LogP contribution >= 0.6 is 24.0 Å². The molecule has 37 heavy (non-hydrogen) atoms. The summed E-state index contributed by atoms with van der Waals surface area (Å²) in [5.74, 6) is -2.09. The van der Waals surface area contributed by atoms with Gasteiger partial charge in [-0.2, -0.15) is 0 Å². The van der Waals surface area contributed by atoms with Crippen LogP contribution in [0.5, 0.6) is 0 Å². The number of halogens is 2. The largest absolute Gasteiger partial charge is 0.477 e. The number of ether oxygens (including phenoxy) is 1. The van der Waals surface area contributed by atoms with E-state index in [1.807, 2.05) is 35.2 Å². The number of carboxylic acid groups (broad SMARTS) is 1. The molecule has 1 saturated carbocycles. The van der Waals surface area contributed by atoms with Crippen molar-refractivity contribution < 1.29 is 23.8 Å². The Kier molecular flexibility index (Phi) is 8.48. The van der Waals surface area contributed by atoms with Crippen molar-refractivity contribution in [3.05, 3.63) is 75.8 Å². The third-order valence-electron chi connectivity index (χ3n) is 6.86. The van der Waals surface area contributed by atoms with E-state index in [1.54, 1.807) is 10.6 Å². The summed E-state index contributed by atoms with van der Waals surface area (Å²) >= 11 is 0. The minimum absolute atomic E-state index is 0. The summed E-state index contributed by atoms with van der Waals surface area (Å²) < 4.78 is 22.3. The number of hydrogen-bond donors (Lipinski definition) is 1. The van der Waals surface area contributed by atoms with E-state index in [2.05, 4.69) is 4.90 Å². The Bertz CT molecular complexity index is 1350. The van der Waals surface area contributed by atoms with E-state index in [0.717, 1.165) is 18.4 Å². The molecule has 0 atom stereocenters. The van der Waals surface area contributed by atoms with Crippen molar-refractivity contribution in [1.29, 1.82) is 0 Å². The second-order valence-corrected chi connectivity index (χ2v) is 9.36. The van der Waals surface area contributed by atoms with Gasteiger partial charge in [-0.1, -0.05) is 30.3 Å². The number of piperazine rings is 1. The third-order valence-corrected chi connectivity index (χ3v) is 6.86. The Labute approximate surface area is 230 Å². The molecule has 0 spiro atoms. The summed E-state index contributed by atoms with van der Waals surface area (Å²) in [5.41, 5.74) is 0.915. The fourth-order valence-corrected chi connectivity index (χ4v) is 4.68. The number of nitrogens with zero attached hydrogens (tertiary/aromatic N) is 3. The first-order valence-electron chi connectivity index (χ1n) is 12.2. The number of aromatic carboxylic acids is 1. The molecular formula is C27H29FIN3O5. The van der Waals surface area contributed by atoms with Gasteiger partial charge >= 0.3 is 11.9 Å². The van der Waals surface area contributed by atoms with Crippen molar-refractivity contribution in [3.8, 4) is 0 Å². The first-order valence-corrected chi connectivity index (χ1v) is 12.2. The molecule has 0 radical (unpaired) electrons. The average Bonchev–Trinajstić information content (AvgIpc) is 3.73. The van der Waals surface area contributed by atoms with Crippen LogP contribution in [0.2, 0.25) is 0 Å². The first-order chi connectivity index (χ1) is 17.4. The lowest BCUT2D eigenvalue weighted by Crippen LogP contribution is -2.47. The van der Waals surface area contributed by atoms with Crippen molar-refractivity contribution in [3.63, 3.8) is 0 Å². The molecule has 3 aromatic rings. The number of rotatable bonds is 8. The van der Waals surface area contributed by atoms with Gasteiger partial charge in [0.25, 0.3) is 0 Å². The maximum absolute atomic E-state index is 15.1. The molecule has 8 nitrogen and oxygen atoms in total. The smallest absolute Gasteiger partial charge is 0.341 e. The van der Waals surface area contributed by atoms with Gasteiger partial charge in [0.05, 0.1) is 17.6 Å². The number of esters is 1. The van der Waals surface area contributed by atoms with Gasteiger partial charge in [-0.15, -0.1) is 24.0 Å². The van der Waals surface area contributed by atoms with E-state index < -0.39 is 17.2 Å². The number of hydrogen-bond acceptors (Lipinski definition) is 6. The Balaban J connectivity index is 0.00000320. The lowest BCUT2D eigenvalue weighted by molar-refractivity contribution is -0.145. The zero-order valence-corrected chi connectivity index (χ0v) is 22.6. The summed E-state index contributed by atoms with van der Waals surface area (Å²) in [6.45, 7) is 3.30. The predicted octanol–water partition coefficient (Wildman–Crippen LogP) is 4.05. The van der Waals surface area contributed by atoms with Crippen molar-refractivity contribution in [2.75, 3.05) is 37.6 Å². The second-order valence-electron chi connectivity index (χ2n) is 9.36. The van der Waals surface area contributed by atoms with Crippen molar-refractivity contribution in [2.24, 2.45) is 0 Å². The fourth-order valence-electron chi connectivity index (χ4n) is 4.68. The van der Waals surface area contributed by atoms with Crippen molar-refractivity contribution in [1.82, 2.24) is 9.47 Å². The number of pyridine rings is 1. The molecule has 0 amide bonds. The van der Waals surface area contributed by atoms with Gasteiger partial charge < -0.3 is 19.3 Å². The van der Waals surface area contributed by atoms with Crippen LogP contribution in [-0.4, -0.2) is 59.2 Å². The summed E-state index contributed by atoms with van der Waals surface area (Å²) in [6.07, 6.45) is 3.48. The maximum Gasteiger partial charge on any atom is 0.341 e. The monoisotopic (exact) mass is 621 g/mol. The second kappa shape index (κ2) is 11.6.